The second kappa shape index (κ2) is 9.99. The Balaban J connectivity index is 1.29. The second-order valence-corrected chi connectivity index (χ2v) is 10.1. The predicted octanol–water partition coefficient (Wildman–Crippen LogP) is 5.79. The van der Waals surface area contributed by atoms with E-state index in [-0.39, 0.29) is 24.3 Å². The van der Waals surface area contributed by atoms with E-state index in [1.165, 1.54) is 16.2 Å². The smallest absolute Gasteiger partial charge is 0.326 e. The lowest BCUT2D eigenvalue weighted by atomic mass is 10.00. The molecular weight excluding hydrogens is 486 g/mol. The van der Waals surface area contributed by atoms with Crippen molar-refractivity contribution in [3.8, 4) is 22.4 Å². The highest BCUT2D eigenvalue weighted by atomic mass is 32.1. The number of anilines is 1. The van der Waals surface area contributed by atoms with E-state index >= 15 is 0 Å². The number of carbonyl (C=O) groups excluding carboxylic acids is 2. The van der Waals surface area contributed by atoms with E-state index in [0.717, 1.165) is 27.9 Å². The Morgan fingerprint density at radius 1 is 0.973 bits per heavy atom. The van der Waals surface area contributed by atoms with Gasteiger partial charge in [0.2, 0.25) is 0 Å². The summed E-state index contributed by atoms with van der Waals surface area (Å²) in [6, 6.07) is 21.8. The van der Waals surface area contributed by atoms with Crippen molar-refractivity contribution in [2.45, 2.75) is 26.4 Å². The maximum atomic E-state index is 13.0. The Morgan fingerprint density at radius 2 is 1.68 bits per heavy atom. The third kappa shape index (κ3) is 4.88. The summed E-state index contributed by atoms with van der Waals surface area (Å²) in [5.74, 6) is -1.74. The molecule has 37 heavy (non-hydrogen) atoms. The summed E-state index contributed by atoms with van der Waals surface area (Å²) >= 11 is 1.29. The molecule has 2 amide bonds. The monoisotopic (exact) mass is 511 g/mol. The van der Waals surface area contributed by atoms with Gasteiger partial charge >= 0.3 is 5.97 Å². The fourth-order valence-electron chi connectivity index (χ4n) is 4.56. The van der Waals surface area contributed by atoms with Crippen LogP contribution in [0.4, 0.5) is 5.69 Å². The summed E-state index contributed by atoms with van der Waals surface area (Å²) in [6.07, 6.45) is 0. The van der Waals surface area contributed by atoms with Crippen LogP contribution in [0.25, 0.3) is 22.4 Å². The average molecular weight is 512 g/mol. The minimum absolute atomic E-state index is 0.202. The number of benzene rings is 3. The van der Waals surface area contributed by atoms with E-state index in [4.69, 9.17) is 0 Å². The quantitative estimate of drug-likeness (QED) is 0.327. The summed E-state index contributed by atoms with van der Waals surface area (Å²) in [5.41, 5.74) is 5.43. The normalized spacial score (nSPS) is 13.5. The topological polar surface area (TPSA) is 99.6 Å². The molecule has 1 atom stereocenters. The van der Waals surface area contributed by atoms with Crippen LogP contribution in [-0.2, 0) is 11.3 Å². The first-order valence-electron chi connectivity index (χ1n) is 11.9. The molecule has 2 heterocycles. The minimum Gasteiger partial charge on any atom is -0.480 e. The van der Waals surface area contributed by atoms with Crippen molar-refractivity contribution in [2.24, 2.45) is 5.92 Å². The van der Waals surface area contributed by atoms with Crippen LogP contribution in [0.15, 0.2) is 78.2 Å². The summed E-state index contributed by atoms with van der Waals surface area (Å²) < 4.78 is 0. The van der Waals surface area contributed by atoms with Crippen molar-refractivity contribution < 1.29 is 19.5 Å². The molecule has 2 N–H and O–H groups in total. The highest BCUT2D eigenvalue weighted by Crippen LogP contribution is 2.32. The zero-order valence-corrected chi connectivity index (χ0v) is 21.2. The molecule has 186 valence electrons. The first-order chi connectivity index (χ1) is 17.8. The molecule has 0 saturated carbocycles. The zero-order chi connectivity index (χ0) is 26.1. The van der Waals surface area contributed by atoms with Gasteiger partial charge in [0.15, 0.2) is 5.01 Å². The lowest BCUT2D eigenvalue weighted by Gasteiger charge is -2.27. The Labute approximate surface area is 218 Å². The van der Waals surface area contributed by atoms with Crippen molar-refractivity contribution in [3.05, 3.63) is 94.3 Å². The third-order valence-electron chi connectivity index (χ3n) is 6.41. The van der Waals surface area contributed by atoms with Gasteiger partial charge in [0, 0.05) is 28.7 Å². The van der Waals surface area contributed by atoms with Gasteiger partial charge in [-0.05, 0) is 40.8 Å². The molecule has 3 aromatic carbocycles. The van der Waals surface area contributed by atoms with Crippen LogP contribution >= 0.6 is 11.3 Å². The van der Waals surface area contributed by atoms with E-state index < -0.39 is 12.0 Å². The number of nitrogens with one attached hydrogen (secondary N) is 1. The van der Waals surface area contributed by atoms with Gasteiger partial charge in [-0.25, -0.2) is 9.78 Å². The molecule has 1 aliphatic rings. The maximum Gasteiger partial charge on any atom is 0.326 e. The first-order valence-corrected chi connectivity index (χ1v) is 12.8. The minimum atomic E-state index is -0.997. The fraction of sp³-hybridized carbons (Fsp3) is 0.172. The number of fused-ring (bicyclic) bond motifs is 1. The number of carboxylic acids is 1. The van der Waals surface area contributed by atoms with Crippen LogP contribution < -0.4 is 5.32 Å². The largest absolute Gasteiger partial charge is 0.480 e. The van der Waals surface area contributed by atoms with Gasteiger partial charge < -0.3 is 15.3 Å². The van der Waals surface area contributed by atoms with Crippen LogP contribution in [0.3, 0.4) is 0 Å². The molecule has 0 saturated heterocycles. The van der Waals surface area contributed by atoms with Crippen LogP contribution in [0, 0.1) is 5.92 Å². The molecule has 5 rings (SSSR count). The van der Waals surface area contributed by atoms with Crippen LogP contribution in [0.1, 0.15) is 39.6 Å². The number of carboxylic acid groups (broad SMARTS) is 1. The average Bonchev–Trinajstić information content (AvgIpc) is 3.50. The Kier molecular flexibility index (Phi) is 6.58. The van der Waals surface area contributed by atoms with Gasteiger partial charge in [0.25, 0.3) is 11.8 Å². The Morgan fingerprint density at radius 3 is 2.35 bits per heavy atom. The van der Waals surface area contributed by atoms with Gasteiger partial charge in [-0.1, -0.05) is 68.4 Å². The highest BCUT2D eigenvalue weighted by molar-refractivity contribution is 7.12. The summed E-state index contributed by atoms with van der Waals surface area (Å²) in [5, 5.41) is 14.7. The SMILES string of the molecule is CC(C)C(C(=O)O)N1Cc2ccc(-c3ccc(NC(=O)c4nc(-c5ccccc5)cs4)cc3)cc2C1=O. The molecule has 0 radical (unpaired) electrons. The Hall–Kier alpha value is -4.30. The second-order valence-electron chi connectivity index (χ2n) is 9.27. The molecule has 1 unspecified atom stereocenters. The van der Waals surface area contributed by atoms with Gasteiger partial charge in [0.1, 0.15) is 6.04 Å². The van der Waals surface area contributed by atoms with Crippen molar-refractivity contribution in [1.82, 2.24) is 9.88 Å². The predicted molar refractivity (Wildman–Crippen MR) is 144 cm³/mol. The molecule has 1 aliphatic heterocycles. The summed E-state index contributed by atoms with van der Waals surface area (Å²) in [4.78, 5) is 43.4. The van der Waals surface area contributed by atoms with Gasteiger partial charge in [-0.3, -0.25) is 9.59 Å². The molecule has 0 bridgehead atoms. The summed E-state index contributed by atoms with van der Waals surface area (Å²) in [7, 11) is 0. The number of aliphatic carboxylic acids is 1. The van der Waals surface area contributed by atoms with Crippen molar-refractivity contribution in [2.75, 3.05) is 5.32 Å². The van der Waals surface area contributed by atoms with Crippen molar-refractivity contribution in [1.29, 1.82) is 0 Å². The number of hydrogen-bond acceptors (Lipinski definition) is 5. The molecular formula is C29H25N3O4S. The molecule has 7 nitrogen and oxygen atoms in total. The third-order valence-corrected chi connectivity index (χ3v) is 7.25. The number of amides is 2. The zero-order valence-electron chi connectivity index (χ0n) is 20.3. The van der Waals surface area contributed by atoms with Crippen molar-refractivity contribution >= 4 is 34.8 Å². The molecule has 0 fully saturated rings. The highest BCUT2D eigenvalue weighted by Gasteiger charge is 2.38. The van der Waals surface area contributed by atoms with E-state index in [9.17, 15) is 19.5 Å². The standard InChI is InChI=1S/C29H25N3O4S/c1-17(2)25(29(35)36)32-15-21-9-8-20(14-23(21)28(32)34)18-10-12-22(13-11-18)30-26(33)27-31-24(16-37-27)19-6-4-3-5-7-19/h3-14,16-17,25H,15H2,1-2H3,(H,30,33)(H,35,36). The summed E-state index contributed by atoms with van der Waals surface area (Å²) in [6.45, 7) is 3.90. The van der Waals surface area contributed by atoms with Gasteiger partial charge in [0.05, 0.1) is 5.69 Å². The van der Waals surface area contributed by atoms with E-state index in [0.29, 0.717) is 16.3 Å². The first kappa shape index (κ1) is 24.4. The molecule has 8 heteroatoms. The molecule has 1 aromatic heterocycles. The molecule has 4 aromatic rings. The van der Waals surface area contributed by atoms with Crippen LogP contribution in [0.2, 0.25) is 0 Å². The van der Waals surface area contributed by atoms with Crippen LogP contribution in [-0.4, -0.2) is 38.8 Å². The molecule has 0 aliphatic carbocycles. The number of hydrogen-bond donors (Lipinski definition) is 2. The number of rotatable bonds is 7. The lowest BCUT2D eigenvalue weighted by Crippen LogP contribution is -2.44. The Bertz CT molecular complexity index is 1480. The number of carbonyl (C=O) groups is 3. The molecule has 0 spiro atoms. The maximum absolute atomic E-state index is 13.0. The number of aromatic nitrogens is 1. The van der Waals surface area contributed by atoms with E-state index in [1.807, 2.05) is 66.0 Å². The fourth-order valence-corrected chi connectivity index (χ4v) is 5.28. The van der Waals surface area contributed by atoms with E-state index in [2.05, 4.69) is 10.3 Å². The van der Waals surface area contributed by atoms with E-state index in [1.54, 1.807) is 26.0 Å². The lowest BCUT2D eigenvalue weighted by molar-refractivity contribution is -0.144. The number of nitrogens with zero attached hydrogens (tertiary/aromatic N) is 2. The van der Waals surface area contributed by atoms with Gasteiger partial charge in [-0.2, -0.15) is 0 Å². The number of thiazole rings is 1. The van der Waals surface area contributed by atoms with Crippen LogP contribution in [0.5, 0.6) is 0 Å². The van der Waals surface area contributed by atoms with Gasteiger partial charge in [-0.15, -0.1) is 11.3 Å². The van der Waals surface area contributed by atoms with Crippen molar-refractivity contribution in [3.63, 3.8) is 0 Å².